The molecule has 2 heterocycles. The molecular weight excluding hydrogens is 362 g/mol. The van der Waals surface area contributed by atoms with Gasteiger partial charge in [-0.2, -0.15) is 0 Å². The van der Waals surface area contributed by atoms with Crippen LogP contribution in [-0.4, -0.2) is 69.3 Å². The molecule has 2 aromatic rings. The minimum atomic E-state index is 0.719. The fourth-order valence-corrected chi connectivity index (χ4v) is 4.69. The first-order chi connectivity index (χ1) is 14.3. The van der Waals surface area contributed by atoms with Gasteiger partial charge >= 0.3 is 0 Å². The average Bonchev–Trinajstić information content (AvgIpc) is 2.80. The summed E-state index contributed by atoms with van der Waals surface area (Å²) in [5.41, 5.74) is 2.57. The molecule has 0 radical (unpaired) electrons. The van der Waals surface area contributed by atoms with E-state index in [9.17, 15) is 0 Å². The Labute approximate surface area is 174 Å². The van der Waals surface area contributed by atoms with Gasteiger partial charge in [0, 0.05) is 38.8 Å². The highest BCUT2D eigenvalue weighted by atomic mass is 16.5. The highest BCUT2D eigenvalue weighted by Crippen LogP contribution is 2.29. The number of hydrogen-bond donors (Lipinski definition) is 0. The first-order valence-corrected chi connectivity index (χ1v) is 10.7. The topological polar surface area (TPSA) is 28.2 Å². The van der Waals surface area contributed by atoms with Crippen molar-refractivity contribution in [2.24, 2.45) is 0 Å². The first-order valence-electron chi connectivity index (χ1n) is 10.7. The van der Waals surface area contributed by atoms with Crippen LogP contribution >= 0.6 is 0 Å². The Hall–Kier alpha value is -2.24. The minimum Gasteiger partial charge on any atom is -0.497 e. The Morgan fingerprint density at radius 3 is 2.31 bits per heavy atom. The van der Waals surface area contributed by atoms with Crippen molar-refractivity contribution >= 4 is 5.69 Å². The lowest BCUT2D eigenvalue weighted by Crippen LogP contribution is -2.53. The number of piperidine rings is 1. The smallest absolute Gasteiger partial charge is 0.142 e. The number of benzene rings is 2. The van der Waals surface area contributed by atoms with Crippen LogP contribution in [0.15, 0.2) is 48.5 Å². The molecule has 156 valence electrons. The van der Waals surface area contributed by atoms with Crippen molar-refractivity contribution in [3.05, 3.63) is 54.1 Å². The zero-order chi connectivity index (χ0) is 20.1. The van der Waals surface area contributed by atoms with Crippen molar-refractivity contribution in [3.8, 4) is 11.5 Å². The molecule has 2 fully saturated rings. The number of nitrogens with zero attached hydrogens (tertiary/aromatic N) is 3. The molecule has 0 aromatic heterocycles. The Balaban J connectivity index is 1.26. The van der Waals surface area contributed by atoms with Gasteiger partial charge in [0.05, 0.1) is 19.9 Å². The second-order valence-electron chi connectivity index (χ2n) is 8.05. The highest BCUT2D eigenvalue weighted by Gasteiger charge is 2.28. The molecule has 5 heteroatoms. The van der Waals surface area contributed by atoms with Gasteiger partial charge in [-0.1, -0.05) is 24.3 Å². The molecule has 0 unspecified atom stereocenters. The van der Waals surface area contributed by atoms with E-state index in [0.717, 1.165) is 50.3 Å². The van der Waals surface area contributed by atoms with Gasteiger partial charge in [-0.05, 0) is 55.8 Å². The van der Waals surface area contributed by atoms with E-state index in [4.69, 9.17) is 9.47 Å². The normalized spacial score (nSPS) is 19.3. The number of piperazine rings is 1. The van der Waals surface area contributed by atoms with Crippen LogP contribution in [0, 0.1) is 0 Å². The Kier molecular flexibility index (Phi) is 6.57. The van der Waals surface area contributed by atoms with E-state index < -0.39 is 0 Å². The lowest BCUT2D eigenvalue weighted by molar-refractivity contribution is 0.0997. The van der Waals surface area contributed by atoms with Crippen molar-refractivity contribution in [1.29, 1.82) is 0 Å². The molecule has 0 spiro atoms. The van der Waals surface area contributed by atoms with Crippen LogP contribution in [0.2, 0.25) is 0 Å². The quantitative estimate of drug-likeness (QED) is 0.747. The largest absolute Gasteiger partial charge is 0.497 e. The summed E-state index contributed by atoms with van der Waals surface area (Å²) in [5.74, 6) is 1.93. The van der Waals surface area contributed by atoms with E-state index in [1.165, 1.54) is 37.2 Å². The molecule has 0 bridgehead atoms. The maximum Gasteiger partial charge on any atom is 0.142 e. The van der Waals surface area contributed by atoms with Crippen LogP contribution in [-0.2, 0) is 6.54 Å². The first kappa shape index (κ1) is 20.0. The SMILES string of the molecule is COc1cccc(CN2CCC(N3CCN(c4ccccc4OC)CC3)CC2)c1. The lowest BCUT2D eigenvalue weighted by Gasteiger charge is -2.43. The van der Waals surface area contributed by atoms with Gasteiger partial charge in [-0.3, -0.25) is 9.80 Å². The van der Waals surface area contributed by atoms with Crippen LogP contribution in [0.4, 0.5) is 5.69 Å². The maximum atomic E-state index is 5.55. The van der Waals surface area contributed by atoms with Gasteiger partial charge in [-0.15, -0.1) is 0 Å². The van der Waals surface area contributed by atoms with E-state index in [1.807, 2.05) is 12.1 Å². The third-order valence-corrected chi connectivity index (χ3v) is 6.35. The molecule has 0 N–H and O–H groups in total. The molecule has 0 aliphatic carbocycles. The second kappa shape index (κ2) is 9.51. The molecular formula is C24H33N3O2. The van der Waals surface area contributed by atoms with Gasteiger partial charge in [0.25, 0.3) is 0 Å². The molecule has 29 heavy (non-hydrogen) atoms. The van der Waals surface area contributed by atoms with Gasteiger partial charge in [0.2, 0.25) is 0 Å². The van der Waals surface area contributed by atoms with Crippen molar-refractivity contribution in [3.63, 3.8) is 0 Å². The van der Waals surface area contributed by atoms with Crippen LogP contribution in [0.1, 0.15) is 18.4 Å². The molecule has 4 rings (SSSR count). The molecule has 2 aliphatic rings. The lowest BCUT2D eigenvalue weighted by atomic mass is 10.0. The summed E-state index contributed by atoms with van der Waals surface area (Å²) in [6.45, 7) is 7.79. The number of methoxy groups -OCH3 is 2. The Bertz CT molecular complexity index is 781. The summed E-state index contributed by atoms with van der Waals surface area (Å²) in [7, 11) is 3.49. The molecule has 2 aromatic carbocycles. The van der Waals surface area contributed by atoms with Gasteiger partial charge in [-0.25, -0.2) is 0 Å². The predicted molar refractivity (Wildman–Crippen MR) is 118 cm³/mol. The minimum absolute atomic E-state index is 0.719. The third kappa shape index (κ3) is 4.85. The summed E-state index contributed by atoms with van der Waals surface area (Å²) in [6.07, 6.45) is 2.53. The standard InChI is InChI=1S/C24H33N3O2/c1-28-22-7-5-6-20(18-22)19-25-12-10-21(11-13-25)26-14-16-27(17-15-26)23-8-3-4-9-24(23)29-2/h3-9,18,21H,10-17,19H2,1-2H3. The monoisotopic (exact) mass is 395 g/mol. The highest BCUT2D eigenvalue weighted by molar-refractivity contribution is 5.58. The Morgan fingerprint density at radius 1 is 0.828 bits per heavy atom. The number of rotatable bonds is 6. The van der Waals surface area contributed by atoms with E-state index in [0.29, 0.717) is 0 Å². The Morgan fingerprint density at radius 2 is 1.59 bits per heavy atom. The number of para-hydroxylation sites is 2. The second-order valence-corrected chi connectivity index (χ2v) is 8.05. The third-order valence-electron chi connectivity index (χ3n) is 6.35. The summed E-state index contributed by atoms with van der Waals surface area (Å²) in [4.78, 5) is 7.75. The average molecular weight is 396 g/mol. The molecule has 0 saturated carbocycles. The number of anilines is 1. The summed E-state index contributed by atoms with van der Waals surface area (Å²) in [6, 6.07) is 17.5. The summed E-state index contributed by atoms with van der Waals surface area (Å²) in [5, 5.41) is 0. The molecule has 5 nitrogen and oxygen atoms in total. The van der Waals surface area contributed by atoms with Crippen molar-refractivity contribution in [1.82, 2.24) is 9.80 Å². The summed E-state index contributed by atoms with van der Waals surface area (Å²) >= 11 is 0. The van der Waals surface area contributed by atoms with Crippen LogP contribution < -0.4 is 14.4 Å². The fraction of sp³-hybridized carbons (Fsp3) is 0.500. The van der Waals surface area contributed by atoms with Gasteiger partial charge < -0.3 is 14.4 Å². The van der Waals surface area contributed by atoms with Crippen LogP contribution in [0.25, 0.3) is 0 Å². The fourth-order valence-electron chi connectivity index (χ4n) is 4.69. The molecule has 2 saturated heterocycles. The summed E-state index contributed by atoms with van der Waals surface area (Å²) < 4.78 is 10.9. The van der Waals surface area contributed by atoms with Crippen LogP contribution in [0.5, 0.6) is 11.5 Å². The number of likely N-dealkylation sites (tertiary alicyclic amines) is 1. The van der Waals surface area contributed by atoms with E-state index in [2.05, 4.69) is 51.1 Å². The number of hydrogen-bond acceptors (Lipinski definition) is 5. The van der Waals surface area contributed by atoms with Crippen molar-refractivity contribution < 1.29 is 9.47 Å². The van der Waals surface area contributed by atoms with Crippen LogP contribution in [0.3, 0.4) is 0 Å². The maximum absolute atomic E-state index is 5.55. The van der Waals surface area contributed by atoms with Crippen molar-refractivity contribution in [2.75, 3.05) is 58.4 Å². The van der Waals surface area contributed by atoms with E-state index in [1.54, 1.807) is 14.2 Å². The van der Waals surface area contributed by atoms with Gasteiger partial charge in [0.15, 0.2) is 0 Å². The zero-order valence-corrected chi connectivity index (χ0v) is 17.7. The predicted octanol–water partition coefficient (Wildman–Crippen LogP) is 3.49. The molecule has 0 amide bonds. The molecule has 0 atom stereocenters. The van der Waals surface area contributed by atoms with Crippen molar-refractivity contribution in [2.45, 2.75) is 25.4 Å². The van der Waals surface area contributed by atoms with E-state index >= 15 is 0 Å². The van der Waals surface area contributed by atoms with E-state index in [-0.39, 0.29) is 0 Å². The zero-order valence-electron chi connectivity index (χ0n) is 17.7. The van der Waals surface area contributed by atoms with Gasteiger partial charge in [0.1, 0.15) is 11.5 Å². The number of ether oxygens (including phenoxy) is 2. The molecule has 2 aliphatic heterocycles.